The summed E-state index contributed by atoms with van der Waals surface area (Å²) in [6.07, 6.45) is 5.53. The Bertz CT molecular complexity index is 1590. The fourth-order valence-corrected chi connectivity index (χ4v) is 5.75. The summed E-state index contributed by atoms with van der Waals surface area (Å²) >= 11 is 0. The van der Waals surface area contributed by atoms with Crippen LogP contribution in [0.5, 0.6) is 0 Å². The molecule has 3 N–H and O–H groups in total. The maximum absolute atomic E-state index is 13.2. The Kier molecular flexibility index (Phi) is 9.63. The maximum Gasteiger partial charge on any atom is 0.325 e. The van der Waals surface area contributed by atoms with E-state index < -0.39 is 5.60 Å². The summed E-state index contributed by atoms with van der Waals surface area (Å²) in [7, 11) is 3.30. The SMILES string of the molecule is CNC(=O)n1ccc2cc(N(CC(C)(C)OC)c3ccnc(NC(=O)c4ccc(C5CCN(CCO)CC5)cc4)c3)ccc21. The molecule has 0 aliphatic carbocycles. The molecule has 0 atom stereocenters. The number of likely N-dealkylation sites (tertiary alicyclic amines) is 1. The summed E-state index contributed by atoms with van der Waals surface area (Å²) in [6, 6.07) is 19.3. The monoisotopic (exact) mass is 598 g/mol. The van der Waals surface area contributed by atoms with Crippen LogP contribution in [0.15, 0.2) is 73.1 Å². The number of hydrogen-bond donors (Lipinski definition) is 3. The van der Waals surface area contributed by atoms with Crippen molar-refractivity contribution in [2.75, 3.05) is 57.2 Å². The van der Waals surface area contributed by atoms with E-state index in [1.807, 2.05) is 74.5 Å². The number of piperidine rings is 1. The number of benzene rings is 2. The van der Waals surface area contributed by atoms with Gasteiger partial charge < -0.3 is 30.3 Å². The smallest absolute Gasteiger partial charge is 0.325 e. The van der Waals surface area contributed by atoms with Gasteiger partial charge in [-0.25, -0.2) is 9.78 Å². The maximum atomic E-state index is 13.2. The third-order valence-corrected chi connectivity index (χ3v) is 8.45. The molecule has 2 aromatic heterocycles. The number of anilines is 3. The fraction of sp³-hybridized carbons (Fsp3) is 0.382. The van der Waals surface area contributed by atoms with Crippen LogP contribution in [0.25, 0.3) is 10.9 Å². The van der Waals surface area contributed by atoms with Gasteiger partial charge in [0.25, 0.3) is 5.91 Å². The highest BCUT2D eigenvalue weighted by Gasteiger charge is 2.24. The molecular weight excluding hydrogens is 556 g/mol. The number of aliphatic hydroxyl groups is 1. The van der Waals surface area contributed by atoms with Gasteiger partial charge in [-0.15, -0.1) is 0 Å². The normalized spacial score (nSPS) is 14.5. The molecule has 0 bridgehead atoms. The summed E-state index contributed by atoms with van der Waals surface area (Å²) in [5, 5.41) is 15.7. The van der Waals surface area contributed by atoms with E-state index in [-0.39, 0.29) is 18.5 Å². The molecule has 44 heavy (non-hydrogen) atoms. The molecule has 0 saturated carbocycles. The molecule has 5 rings (SSSR count). The van der Waals surface area contributed by atoms with Crippen molar-refractivity contribution in [3.05, 3.63) is 84.2 Å². The first-order valence-electron chi connectivity index (χ1n) is 15.1. The highest BCUT2D eigenvalue weighted by Crippen LogP contribution is 2.32. The van der Waals surface area contributed by atoms with Crippen molar-refractivity contribution in [2.24, 2.45) is 0 Å². The number of methoxy groups -OCH3 is 1. The molecular formula is C34H42N6O4. The predicted molar refractivity (Wildman–Crippen MR) is 174 cm³/mol. The van der Waals surface area contributed by atoms with Crippen molar-refractivity contribution in [1.82, 2.24) is 19.8 Å². The number of β-amino-alcohol motifs (C(OH)–C–C–N with tert-alkyl or cyclic N) is 1. The molecule has 0 unspecified atom stereocenters. The summed E-state index contributed by atoms with van der Waals surface area (Å²) in [5.41, 5.74) is 3.89. The molecule has 0 spiro atoms. The Morgan fingerprint density at radius 2 is 1.77 bits per heavy atom. The Morgan fingerprint density at radius 1 is 1.05 bits per heavy atom. The van der Waals surface area contributed by atoms with E-state index in [0.717, 1.165) is 54.8 Å². The van der Waals surface area contributed by atoms with Crippen LogP contribution in [0.2, 0.25) is 0 Å². The number of amides is 2. The lowest BCUT2D eigenvalue weighted by Crippen LogP contribution is -2.37. The van der Waals surface area contributed by atoms with E-state index >= 15 is 0 Å². The number of carbonyl (C=O) groups is 2. The molecule has 232 valence electrons. The number of carbonyl (C=O) groups excluding carboxylic acids is 2. The third kappa shape index (κ3) is 7.10. The number of nitrogens with zero attached hydrogens (tertiary/aromatic N) is 4. The summed E-state index contributed by atoms with van der Waals surface area (Å²) in [5.74, 6) is 0.684. The first kappa shape index (κ1) is 31.2. The van der Waals surface area contributed by atoms with Crippen molar-refractivity contribution in [1.29, 1.82) is 0 Å². The highest BCUT2D eigenvalue weighted by molar-refractivity contribution is 6.04. The first-order valence-corrected chi connectivity index (χ1v) is 15.1. The van der Waals surface area contributed by atoms with Gasteiger partial charge >= 0.3 is 6.03 Å². The van der Waals surface area contributed by atoms with Crippen LogP contribution in [0.4, 0.5) is 22.0 Å². The van der Waals surface area contributed by atoms with Crippen LogP contribution in [-0.4, -0.2) is 84.0 Å². The number of pyridine rings is 1. The van der Waals surface area contributed by atoms with Crippen LogP contribution in [-0.2, 0) is 4.74 Å². The van der Waals surface area contributed by atoms with Gasteiger partial charge in [0.1, 0.15) is 5.82 Å². The lowest BCUT2D eigenvalue weighted by atomic mass is 9.89. The van der Waals surface area contributed by atoms with E-state index in [1.54, 1.807) is 31.1 Å². The predicted octanol–water partition coefficient (Wildman–Crippen LogP) is 5.21. The van der Waals surface area contributed by atoms with Crippen LogP contribution in [0.1, 0.15) is 48.5 Å². The molecule has 4 aromatic rings. The number of hydrogen-bond acceptors (Lipinski definition) is 7. The second-order valence-corrected chi connectivity index (χ2v) is 11.8. The Labute approximate surface area is 258 Å². The largest absolute Gasteiger partial charge is 0.395 e. The molecule has 10 nitrogen and oxygen atoms in total. The fourth-order valence-electron chi connectivity index (χ4n) is 5.75. The quantitative estimate of drug-likeness (QED) is 0.230. The summed E-state index contributed by atoms with van der Waals surface area (Å²) in [4.78, 5) is 34.3. The van der Waals surface area contributed by atoms with E-state index in [1.165, 1.54) is 5.56 Å². The summed E-state index contributed by atoms with van der Waals surface area (Å²) in [6.45, 7) is 7.45. The molecule has 0 radical (unpaired) electrons. The first-order chi connectivity index (χ1) is 21.2. The second-order valence-electron chi connectivity index (χ2n) is 11.8. The van der Waals surface area contributed by atoms with Crippen molar-refractivity contribution >= 4 is 40.0 Å². The van der Waals surface area contributed by atoms with Crippen LogP contribution in [0.3, 0.4) is 0 Å². The number of nitrogens with one attached hydrogen (secondary N) is 2. The zero-order chi connectivity index (χ0) is 31.3. The lowest BCUT2D eigenvalue weighted by Gasteiger charge is -2.33. The van der Waals surface area contributed by atoms with Gasteiger partial charge in [-0.1, -0.05) is 12.1 Å². The summed E-state index contributed by atoms with van der Waals surface area (Å²) < 4.78 is 7.35. The number of aromatic nitrogens is 2. The molecule has 1 fully saturated rings. The van der Waals surface area contributed by atoms with Crippen molar-refractivity contribution in [3.63, 3.8) is 0 Å². The van der Waals surface area contributed by atoms with E-state index in [4.69, 9.17) is 4.74 Å². The van der Waals surface area contributed by atoms with E-state index in [0.29, 0.717) is 23.8 Å². The van der Waals surface area contributed by atoms with E-state index in [2.05, 4.69) is 25.4 Å². The van der Waals surface area contributed by atoms with E-state index in [9.17, 15) is 14.7 Å². The standard InChI is InChI=1S/C34H42N6O4/c1-34(2,44-4)23-40(28-9-10-30-27(21-28)14-18-39(30)33(43)35-3)29-11-15-36-31(22-29)37-32(42)26-7-5-24(6-8-26)25-12-16-38(17-13-25)19-20-41/h5-11,14-15,18,21-22,25,41H,12-13,16-17,19-20,23H2,1-4H3,(H,35,43)(H,36,37,42). The van der Waals surface area contributed by atoms with Crippen LogP contribution in [0, 0.1) is 0 Å². The van der Waals surface area contributed by atoms with Crippen molar-refractivity contribution < 1.29 is 19.4 Å². The molecule has 1 saturated heterocycles. The Morgan fingerprint density at radius 3 is 2.45 bits per heavy atom. The number of aliphatic hydroxyl groups excluding tert-OH is 1. The average Bonchev–Trinajstić information content (AvgIpc) is 3.47. The molecule has 1 aliphatic rings. The van der Waals surface area contributed by atoms with Gasteiger partial charge in [-0.2, -0.15) is 0 Å². The number of rotatable bonds is 10. The highest BCUT2D eigenvalue weighted by atomic mass is 16.5. The van der Waals surface area contributed by atoms with Crippen molar-refractivity contribution in [3.8, 4) is 0 Å². The molecule has 2 amide bonds. The van der Waals surface area contributed by atoms with Gasteiger partial charge in [0.15, 0.2) is 0 Å². The van der Waals surface area contributed by atoms with Gasteiger partial charge in [0.05, 0.1) is 24.3 Å². The minimum absolute atomic E-state index is 0.195. The minimum Gasteiger partial charge on any atom is -0.395 e. The van der Waals surface area contributed by atoms with Gasteiger partial charge in [0, 0.05) is 61.5 Å². The number of fused-ring (bicyclic) bond motifs is 1. The topological polar surface area (TPSA) is 112 Å². The minimum atomic E-state index is -0.479. The molecule has 3 heterocycles. The third-order valence-electron chi connectivity index (χ3n) is 8.45. The van der Waals surface area contributed by atoms with Gasteiger partial charge in [0.2, 0.25) is 0 Å². The number of ether oxygens (including phenoxy) is 1. The Balaban J connectivity index is 1.34. The molecule has 1 aliphatic heterocycles. The van der Waals surface area contributed by atoms with Crippen LogP contribution >= 0.6 is 0 Å². The second kappa shape index (κ2) is 13.6. The average molecular weight is 599 g/mol. The van der Waals surface area contributed by atoms with Crippen molar-refractivity contribution in [2.45, 2.75) is 38.2 Å². The molecule has 2 aromatic carbocycles. The zero-order valence-electron chi connectivity index (χ0n) is 25.9. The van der Waals surface area contributed by atoms with Crippen LogP contribution < -0.4 is 15.5 Å². The zero-order valence-corrected chi connectivity index (χ0v) is 25.9. The molecule has 10 heteroatoms. The van der Waals surface area contributed by atoms with Gasteiger partial charge in [-0.05, 0) is 93.7 Å². The Hall–Kier alpha value is -4.25. The lowest BCUT2D eigenvalue weighted by molar-refractivity contribution is 0.0308. The van der Waals surface area contributed by atoms with Gasteiger partial charge in [-0.3, -0.25) is 9.36 Å².